The molecule has 0 saturated carbocycles. The molecule has 0 bridgehead atoms. The summed E-state index contributed by atoms with van der Waals surface area (Å²) in [4.78, 5) is 27.7. The fraction of sp³-hybridized carbons (Fsp3) is 0.565. The zero-order valence-electron chi connectivity index (χ0n) is 19.5. The maximum absolute atomic E-state index is 12.0. The molecular weight excluding hydrogens is 496 g/mol. The molecule has 1 aromatic carbocycles. The van der Waals surface area contributed by atoms with Gasteiger partial charge in [0.05, 0.1) is 31.0 Å². The number of hydrogen-bond donors (Lipinski definition) is 9. The van der Waals surface area contributed by atoms with Gasteiger partial charge in [0, 0.05) is 12.1 Å². The Bertz CT molecular complexity index is 1150. The highest BCUT2D eigenvalue weighted by Crippen LogP contribution is 2.35. The summed E-state index contributed by atoms with van der Waals surface area (Å²) in [6.07, 6.45) is -11.5. The summed E-state index contributed by atoms with van der Waals surface area (Å²) in [5, 5.41) is 71.2. The molecule has 4 rings (SSSR count). The van der Waals surface area contributed by atoms with Crippen LogP contribution in [0.5, 0.6) is 5.75 Å². The number of H-pyrrole nitrogens is 2. The molecule has 37 heavy (non-hydrogen) atoms. The normalized spacial score (nSPS) is 36.3. The Labute approximate surface area is 209 Å². The highest BCUT2D eigenvalue weighted by Gasteiger charge is 2.50. The zero-order chi connectivity index (χ0) is 26.9. The largest absolute Gasteiger partial charge is 0.462 e. The molecule has 10 atom stereocenters. The molecule has 14 heteroatoms. The molecule has 0 unspecified atom stereocenters. The maximum Gasteiger partial charge on any atom is 0.325 e. The Kier molecular flexibility index (Phi) is 8.42. The Hall–Kier alpha value is -2.66. The van der Waals surface area contributed by atoms with Crippen LogP contribution >= 0.6 is 0 Å². The Balaban J connectivity index is 1.50. The number of aliphatic hydroxyl groups is 7. The SMILES string of the molecule is O=c1[nH]cc(-c2ccc(O[C@H]3O[C@H](CO)[C@@H](O)[C@@H](C[C@H]4O[C@H](CO)[C@@H](O)[C@H](O)[C@H]4O)[C@@H]3O)cc2)c(=O)[nH]1. The van der Waals surface area contributed by atoms with Gasteiger partial charge in [-0.05, 0) is 24.1 Å². The van der Waals surface area contributed by atoms with E-state index in [1.165, 1.54) is 30.5 Å². The van der Waals surface area contributed by atoms with E-state index in [2.05, 4.69) is 9.97 Å². The van der Waals surface area contributed by atoms with E-state index in [1.807, 2.05) is 0 Å². The van der Waals surface area contributed by atoms with E-state index in [-0.39, 0.29) is 17.7 Å². The van der Waals surface area contributed by atoms with Gasteiger partial charge in [-0.3, -0.25) is 9.78 Å². The van der Waals surface area contributed by atoms with E-state index in [0.29, 0.717) is 5.56 Å². The van der Waals surface area contributed by atoms with Crippen molar-refractivity contribution in [3.8, 4) is 16.9 Å². The molecule has 0 amide bonds. The molecule has 0 radical (unpaired) electrons. The van der Waals surface area contributed by atoms with Crippen LogP contribution in [0.15, 0.2) is 40.1 Å². The van der Waals surface area contributed by atoms with Crippen LogP contribution < -0.4 is 16.0 Å². The molecule has 0 spiro atoms. The monoisotopic (exact) mass is 526 g/mol. The van der Waals surface area contributed by atoms with E-state index in [9.17, 15) is 45.3 Å². The molecule has 1 aromatic heterocycles. The number of aliphatic hydroxyl groups excluding tert-OH is 7. The second kappa shape index (κ2) is 11.4. The van der Waals surface area contributed by atoms with E-state index < -0.39 is 85.5 Å². The number of aromatic nitrogens is 2. The van der Waals surface area contributed by atoms with Crippen LogP contribution in [0.2, 0.25) is 0 Å². The van der Waals surface area contributed by atoms with Crippen molar-refractivity contribution < 1.29 is 50.0 Å². The van der Waals surface area contributed by atoms with Gasteiger partial charge < -0.3 is 54.9 Å². The molecule has 14 nitrogen and oxygen atoms in total. The average molecular weight is 526 g/mol. The quantitative estimate of drug-likeness (QED) is 0.170. The predicted molar refractivity (Wildman–Crippen MR) is 123 cm³/mol. The number of aromatic amines is 2. The van der Waals surface area contributed by atoms with Gasteiger partial charge in [-0.25, -0.2) is 4.79 Å². The third kappa shape index (κ3) is 5.62. The van der Waals surface area contributed by atoms with Gasteiger partial charge in [-0.2, -0.15) is 0 Å². The van der Waals surface area contributed by atoms with Crippen molar-refractivity contribution >= 4 is 0 Å². The van der Waals surface area contributed by atoms with Crippen LogP contribution in [0.1, 0.15) is 6.42 Å². The van der Waals surface area contributed by atoms with Gasteiger partial charge >= 0.3 is 5.69 Å². The molecule has 2 fully saturated rings. The van der Waals surface area contributed by atoms with Crippen molar-refractivity contribution in [1.82, 2.24) is 9.97 Å². The first-order valence-corrected chi connectivity index (χ1v) is 11.7. The summed E-state index contributed by atoms with van der Waals surface area (Å²) >= 11 is 0. The van der Waals surface area contributed by atoms with E-state index in [4.69, 9.17) is 14.2 Å². The molecule has 0 aliphatic carbocycles. The van der Waals surface area contributed by atoms with Gasteiger partial charge in [0.1, 0.15) is 42.4 Å². The van der Waals surface area contributed by atoms with Crippen LogP contribution in [0.4, 0.5) is 0 Å². The molecule has 2 aliphatic rings. The molecule has 9 N–H and O–H groups in total. The van der Waals surface area contributed by atoms with Crippen molar-refractivity contribution in [2.75, 3.05) is 13.2 Å². The third-order valence-corrected chi connectivity index (χ3v) is 6.76. The minimum Gasteiger partial charge on any atom is -0.462 e. The third-order valence-electron chi connectivity index (χ3n) is 6.76. The van der Waals surface area contributed by atoms with Gasteiger partial charge in [-0.15, -0.1) is 0 Å². The fourth-order valence-corrected chi connectivity index (χ4v) is 4.65. The second-order valence-corrected chi connectivity index (χ2v) is 9.10. The number of rotatable bonds is 7. The molecular formula is C23H30N2O12. The first kappa shape index (κ1) is 27.4. The topological polar surface area (TPSA) is 235 Å². The van der Waals surface area contributed by atoms with Crippen molar-refractivity contribution in [3.63, 3.8) is 0 Å². The molecule has 3 heterocycles. The van der Waals surface area contributed by atoms with Crippen LogP contribution in [-0.2, 0) is 9.47 Å². The summed E-state index contributed by atoms with van der Waals surface area (Å²) in [7, 11) is 0. The lowest BCUT2D eigenvalue weighted by atomic mass is 9.81. The van der Waals surface area contributed by atoms with Crippen LogP contribution in [0, 0.1) is 5.92 Å². The Morgan fingerprint density at radius 2 is 1.41 bits per heavy atom. The minimum absolute atomic E-state index is 0.211. The van der Waals surface area contributed by atoms with Gasteiger partial charge in [0.15, 0.2) is 0 Å². The maximum atomic E-state index is 12.0. The summed E-state index contributed by atoms with van der Waals surface area (Å²) < 4.78 is 16.8. The summed E-state index contributed by atoms with van der Waals surface area (Å²) in [6.45, 7) is -1.25. The molecule has 204 valence electrons. The zero-order valence-corrected chi connectivity index (χ0v) is 19.5. The lowest BCUT2D eigenvalue weighted by Crippen LogP contribution is -2.62. The molecule has 2 aromatic rings. The number of nitrogens with one attached hydrogen (secondary N) is 2. The predicted octanol–water partition coefficient (Wildman–Crippen LogP) is -3.60. The second-order valence-electron chi connectivity index (χ2n) is 9.10. The molecule has 2 aliphatic heterocycles. The first-order valence-electron chi connectivity index (χ1n) is 11.7. The Morgan fingerprint density at radius 1 is 0.784 bits per heavy atom. The van der Waals surface area contributed by atoms with Crippen LogP contribution in [0.25, 0.3) is 11.1 Å². The standard InChI is InChI=1S/C23H30N2O12/c26-7-14-16(28)11(5-13-18(30)20(32)19(31)15(8-27)36-13)17(29)22(37-14)35-10-3-1-9(2-4-10)12-6-24-23(34)25-21(12)33/h1-4,6,11,13-20,22,26-32H,5,7-8H2,(H2,24,25,33,34)/t11-,13-,14-,15-,16+,17+,18+,19-,20-,22+/m1/s1. The Morgan fingerprint density at radius 3 is 2.03 bits per heavy atom. The number of benzene rings is 1. The van der Waals surface area contributed by atoms with Gasteiger partial charge in [-0.1, -0.05) is 12.1 Å². The van der Waals surface area contributed by atoms with Crippen molar-refractivity contribution in [2.45, 2.75) is 61.5 Å². The van der Waals surface area contributed by atoms with Crippen LogP contribution in [-0.4, -0.2) is 114 Å². The average Bonchev–Trinajstić information content (AvgIpc) is 2.88. The van der Waals surface area contributed by atoms with Crippen molar-refractivity contribution in [1.29, 1.82) is 0 Å². The van der Waals surface area contributed by atoms with Crippen molar-refractivity contribution in [3.05, 3.63) is 51.3 Å². The van der Waals surface area contributed by atoms with Gasteiger partial charge in [0.2, 0.25) is 6.29 Å². The van der Waals surface area contributed by atoms with E-state index >= 15 is 0 Å². The van der Waals surface area contributed by atoms with Crippen LogP contribution in [0.3, 0.4) is 0 Å². The highest BCUT2D eigenvalue weighted by atomic mass is 16.7. The fourth-order valence-electron chi connectivity index (χ4n) is 4.65. The van der Waals surface area contributed by atoms with E-state index in [0.717, 1.165) is 0 Å². The first-order chi connectivity index (χ1) is 17.6. The summed E-state index contributed by atoms with van der Waals surface area (Å²) in [5.74, 6) is -0.843. The van der Waals surface area contributed by atoms with Gasteiger partial charge in [0.25, 0.3) is 5.56 Å². The number of ether oxygens (including phenoxy) is 3. The lowest BCUT2D eigenvalue weighted by Gasteiger charge is -2.46. The smallest absolute Gasteiger partial charge is 0.325 e. The van der Waals surface area contributed by atoms with Crippen molar-refractivity contribution in [2.24, 2.45) is 5.92 Å². The lowest BCUT2D eigenvalue weighted by molar-refractivity contribution is -0.278. The molecule has 2 saturated heterocycles. The summed E-state index contributed by atoms with van der Waals surface area (Å²) in [5.41, 5.74) is -0.544. The number of hydrogen-bond acceptors (Lipinski definition) is 12. The minimum atomic E-state index is -1.63. The summed E-state index contributed by atoms with van der Waals surface area (Å²) in [6, 6.07) is 6.05. The highest BCUT2D eigenvalue weighted by molar-refractivity contribution is 5.62. The van der Waals surface area contributed by atoms with E-state index in [1.54, 1.807) is 0 Å².